The van der Waals surface area contributed by atoms with Crippen molar-refractivity contribution in [3.8, 4) is 0 Å². The summed E-state index contributed by atoms with van der Waals surface area (Å²) in [7, 11) is 0. The average molecular weight is 341 g/mol. The lowest BCUT2D eigenvalue weighted by Gasteiger charge is -2.27. The second-order valence-electron chi connectivity index (χ2n) is 6.92. The number of amides is 2. The molecule has 2 rings (SSSR count). The number of nitrogens with zero attached hydrogens (tertiary/aromatic N) is 2. The molecule has 0 fully saturated rings. The van der Waals surface area contributed by atoms with Crippen LogP contribution in [-0.4, -0.2) is 28.1 Å². The number of carbonyl (C=O) groups excluding carboxylic acids is 1. The number of aryl methyl sites for hydroxylation is 1. The Morgan fingerprint density at radius 2 is 2.04 bits per heavy atom. The van der Waals surface area contributed by atoms with E-state index in [1.807, 2.05) is 4.90 Å². The largest absolute Gasteiger partial charge is 0.345 e. The molecule has 2 amide bonds. The maximum Gasteiger partial charge on any atom is 0.317 e. The van der Waals surface area contributed by atoms with Crippen LogP contribution in [0.3, 0.4) is 0 Å². The zero-order valence-electron chi connectivity index (χ0n) is 16.0. The van der Waals surface area contributed by atoms with Crippen LogP contribution in [-0.2, 0) is 13.1 Å². The molecule has 1 heterocycles. The Hall–Kier alpha value is -2.23. The van der Waals surface area contributed by atoms with Crippen molar-refractivity contribution in [3.63, 3.8) is 0 Å². The van der Waals surface area contributed by atoms with Crippen LogP contribution in [0.4, 0.5) is 4.79 Å². The molecule has 25 heavy (non-hydrogen) atoms. The zero-order chi connectivity index (χ0) is 18.2. The molecule has 0 unspecified atom stereocenters. The highest BCUT2D eigenvalue weighted by molar-refractivity contribution is 5.74. The van der Waals surface area contributed by atoms with Crippen molar-refractivity contribution >= 4 is 6.03 Å². The molecule has 0 aliphatic carbocycles. The van der Waals surface area contributed by atoms with E-state index in [4.69, 9.17) is 0 Å². The first kappa shape index (κ1) is 19.1. The Kier molecular flexibility index (Phi) is 7.11. The van der Waals surface area contributed by atoms with Crippen molar-refractivity contribution in [3.05, 3.63) is 59.4 Å². The lowest BCUT2D eigenvalue weighted by atomic mass is 10.1. The molecule has 0 bridgehead atoms. The first-order chi connectivity index (χ1) is 12.0. The Labute approximate surface area is 151 Å². The molecule has 1 aromatic heterocycles. The fraction of sp³-hybridized carbons (Fsp3) is 0.476. The molecule has 0 radical (unpaired) electrons. The minimum absolute atomic E-state index is 0.0201. The van der Waals surface area contributed by atoms with E-state index in [9.17, 15) is 4.79 Å². The Balaban J connectivity index is 2.07. The van der Waals surface area contributed by atoms with Gasteiger partial charge in [0.2, 0.25) is 0 Å². The van der Waals surface area contributed by atoms with Crippen molar-refractivity contribution in [2.45, 2.75) is 59.7 Å². The van der Waals surface area contributed by atoms with Gasteiger partial charge in [-0.1, -0.05) is 43.2 Å². The summed E-state index contributed by atoms with van der Waals surface area (Å²) in [6.45, 7) is 10.6. The van der Waals surface area contributed by atoms with Crippen molar-refractivity contribution in [2.75, 3.05) is 6.54 Å². The van der Waals surface area contributed by atoms with Gasteiger partial charge in [0.25, 0.3) is 0 Å². The number of carbonyl (C=O) groups is 1. The van der Waals surface area contributed by atoms with E-state index >= 15 is 0 Å². The fourth-order valence-corrected chi connectivity index (χ4v) is 2.89. The van der Waals surface area contributed by atoms with E-state index in [0.29, 0.717) is 6.54 Å². The van der Waals surface area contributed by atoms with E-state index in [-0.39, 0.29) is 12.1 Å². The molecule has 1 aromatic carbocycles. The predicted octanol–water partition coefficient (Wildman–Crippen LogP) is 4.56. The SMILES string of the molecule is CCCCNC(=O)N(Cc1cccn1Cc1cccc(C)c1)C(C)C. The summed E-state index contributed by atoms with van der Waals surface area (Å²) in [4.78, 5) is 14.4. The number of unbranched alkanes of at least 4 members (excludes halogenated alkanes) is 1. The average Bonchev–Trinajstić information content (AvgIpc) is 2.99. The third-order valence-electron chi connectivity index (χ3n) is 4.38. The standard InChI is InChI=1S/C21H31N3O/c1-5-6-12-22-21(25)24(17(2)3)16-20-11-8-13-23(20)15-19-10-7-9-18(4)14-19/h7-11,13-14,17H,5-6,12,15-16H2,1-4H3,(H,22,25). The molecule has 0 saturated heterocycles. The predicted molar refractivity (Wildman–Crippen MR) is 104 cm³/mol. The maximum absolute atomic E-state index is 12.5. The lowest BCUT2D eigenvalue weighted by Crippen LogP contribution is -2.44. The molecule has 2 aromatic rings. The molecule has 136 valence electrons. The van der Waals surface area contributed by atoms with Gasteiger partial charge >= 0.3 is 6.03 Å². The van der Waals surface area contributed by atoms with E-state index < -0.39 is 0 Å². The topological polar surface area (TPSA) is 37.3 Å². The van der Waals surface area contributed by atoms with Crippen molar-refractivity contribution in [2.24, 2.45) is 0 Å². The zero-order valence-corrected chi connectivity index (χ0v) is 16.0. The molecule has 4 heteroatoms. The van der Waals surface area contributed by atoms with Gasteiger partial charge in [-0.2, -0.15) is 0 Å². The minimum atomic E-state index is 0.0201. The molecule has 0 aliphatic rings. The van der Waals surface area contributed by atoms with Crippen molar-refractivity contribution in [1.82, 2.24) is 14.8 Å². The van der Waals surface area contributed by atoms with Crippen LogP contribution in [0.1, 0.15) is 50.4 Å². The molecule has 1 N–H and O–H groups in total. The van der Waals surface area contributed by atoms with Gasteiger partial charge < -0.3 is 14.8 Å². The first-order valence-corrected chi connectivity index (χ1v) is 9.25. The molecule has 0 atom stereocenters. The van der Waals surface area contributed by atoms with Gasteiger partial charge in [0.05, 0.1) is 6.54 Å². The number of aromatic nitrogens is 1. The van der Waals surface area contributed by atoms with Crippen LogP contribution < -0.4 is 5.32 Å². The lowest BCUT2D eigenvalue weighted by molar-refractivity contribution is 0.178. The highest BCUT2D eigenvalue weighted by Crippen LogP contribution is 2.13. The van der Waals surface area contributed by atoms with E-state index in [0.717, 1.165) is 31.6 Å². The fourth-order valence-electron chi connectivity index (χ4n) is 2.89. The summed E-state index contributed by atoms with van der Waals surface area (Å²) in [6, 6.07) is 12.9. The number of rotatable bonds is 8. The summed E-state index contributed by atoms with van der Waals surface area (Å²) in [6.07, 6.45) is 4.19. The van der Waals surface area contributed by atoms with Gasteiger partial charge in [-0.3, -0.25) is 0 Å². The second-order valence-corrected chi connectivity index (χ2v) is 6.92. The van der Waals surface area contributed by atoms with Gasteiger partial charge in [0.1, 0.15) is 0 Å². The molecule has 4 nitrogen and oxygen atoms in total. The van der Waals surface area contributed by atoms with Crippen LogP contribution in [0.2, 0.25) is 0 Å². The van der Waals surface area contributed by atoms with Crippen molar-refractivity contribution < 1.29 is 4.79 Å². The van der Waals surface area contributed by atoms with Crippen LogP contribution in [0.5, 0.6) is 0 Å². The Morgan fingerprint density at radius 1 is 1.24 bits per heavy atom. The van der Waals surface area contributed by atoms with Crippen LogP contribution in [0, 0.1) is 6.92 Å². The van der Waals surface area contributed by atoms with Gasteiger partial charge in [0, 0.05) is 31.0 Å². The minimum Gasteiger partial charge on any atom is -0.345 e. The van der Waals surface area contributed by atoms with Crippen LogP contribution in [0.15, 0.2) is 42.6 Å². The van der Waals surface area contributed by atoms with Crippen LogP contribution >= 0.6 is 0 Å². The van der Waals surface area contributed by atoms with E-state index in [2.05, 4.69) is 80.2 Å². The maximum atomic E-state index is 12.5. The Morgan fingerprint density at radius 3 is 2.72 bits per heavy atom. The smallest absolute Gasteiger partial charge is 0.317 e. The number of nitrogens with one attached hydrogen (secondary N) is 1. The number of urea groups is 1. The second kappa shape index (κ2) is 9.30. The number of hydrogen-bond acceptors (Lipinski definition) is 1. The monoisotopic (exact) mass is 341 g/mol. The summed E-state index contributed by atoms with van der Waals surface area (Å²) in [5, 5.41) is 3.03. The van der Waals surface area contributed by atoms with E-state index in [1.165, 1.54) is 11.1 Å². The van der Waals surface area contributed by atoms with Gasteiger partial charge in [-0.25, -0.2) is 4.79 Å². The molecule has 0 saturated carbocycles. The highest BCUT2D eigenvalue weighted by atomic mass is 16.2. The van der Waals surface area contributed by atoms with Crippen molar-refractivity contribution in [1.29, 1.82) is 0 Å². The molecule has 0 aliphatic heterocycles. The molecular weight excluding hydrogens is 310 g/mol. The van der Waals surface area contributed by atoms with Gasteiger partial charge in [-0.15, -0.1) is 0 Å². The van der Waals surface area contributed by atoms with Gasteiger partial charge in [0.15, 0.2) is 0 Å². The third kappa shape index (κ3) is 5.66. The number of benzene rings is 1. The molecular formula is C21H31N3O. The summed E-state index contributed by atoms with van der Waals surface area (Å²) in [5.74, 6) is 0. The van der Waals surface area contributed by atoms with E-state index in [1.54, 1.807) is 0 Å². The van der Waals surface area contributed by atoms with Crippen LogP contribution in [0.25, 0.3) is 0 Å². The summed E-state index contributed by atoms with van der Waals surface area (Å²) >= 11 is 0. The Bertz CT molecular complexity index is 675. The summed E-state index contributed by atoms with van der Waals surface area (Å²) < 4.78 is 2.23. The first-order valence-electron chi connectivity index (χ1n) is 9.25. The highest BCUT2D eigenvalue weighted by Gasteiger charge is 2.18. The third-order valence-corrected chi connectivity index (χ3v) is 4.38. The molecule has 0 spiro atoms. The quantitative estimate of drug-likeness (QED) is 0.702. The van der Waals surface area contributed by atoms with Gasteiger partial charge in [-0.05, 0) is 44.9 Å². The number of hydrogen-bond donors (Lipinski definition) is 1. The summed E-state index contributed by atoms with van der Waals surface area (Å²) in [5.41, 5.74) is 3.70. The normalized spacial score (nSPS) is 10.9.